The third kappa shape index (κ3) is 8.56. The molecule has 12 rings (SSSR count). The molecular weight excluding hydrogens is 857 g/mol. The average molecular weight is 893 g/mol. The lowest BCUT2D eigenvalue weighted by Crippen LogP contribution is -2.10. The number of hydrogen-bond acceptors (Lipinski definition) is 14. The van der Waals surface area contributed by atoms with E-state index in [-0.39, 0.29) is 0 Å². The Hall–Kier alpha value is -10.2. The standard InChI is InChI=1S/2C24H18N10/c2*1-7-22(8-2-19(1)31-16-25-13-28-31)34(23-9-3-20(4-10-23)32-17-26-14-29-32)24-11-5-21(6-12-24)33-18-27-15-30-33/h2*1-18H. The smallest absolute Gasteiger partial charge is 0.138 e. The lowest BCUT2D eigenvalue weighted by Gasteiger charge is -2.26. The normalized spacial score (nSPS) is 10.9. The minimum atomic E-state index is 0.935. The molecule has 0 spiro atoms. The zero-order valence-electron chi connectivity index (χ0n) is 35.7. The zero-order valence-corrected chi connectivity index (χ0v) is 35.7. The molecule has 6 aromatic carbocycles. The molecule has 6 heterocycles. The molecule has 0 unspecified atom stereocenters. The van der Waals surface area contributed by atoms with Crippen molar-refractivity contribution in [2.75, 3.05) is 9.80 Å². The van der Waals surface area contributed by atoms with Crippen molar-refractivity contribution in [3.63, 3.8) is 0 Å². The third-order valence-corrected chi connectivity index (χ3v) is 10.7. The van der Waals surface area contributed by atoms with Crippen LogP contribution in [0.15, 0.2) is 222 Å². The topological polar surface area (TPSA) is 191 Å². The molecule has 328 valence electrons. The largest absolute Gasteiger partial charge is 0.310 e. The number of aromatic nitrogens is 18. The van der Waals surface area contributed by atoms with Gasteiger partial charge in [0.2, 0.25) is 0 Å². The Bertz CT molecular complexity index is 2770. The van der Waals surface area contributed by atoms with Gasteiger partial charge >= 0.3 is 0 Å². The maximum absolute atomic E-state index is 4.21. The fourth-order valence-corrected chi connectivity index (χ4v) is 7.47. The summed E-state index contributed by atoms with van der Waals surface area (Å²) in [5, 5.41) is 25.3. The lowest BCUT2D eigenvalue weighted by atomic mass is 10.1. The van der Waals surface area contributed by atoms with E-state index in [1.165, 1.54) is 38.0 Å². The van der Waals surface area contributed by atoms with E-state index < -0.39 is 0 Å². The van der Waals surface area contributed by atoms with Gasteiger partial charge in [0.25, 0.3) is 0 Å². The number of benzene rings is 6. The molecule has 0 aliphatic rings. The number of rotatable bonds is 12. The van der Waals surface area contributed by atoms with E-state index in [0.29, 0.717) is 0 Å². The summed E-state index contributed by atoms with van der Waals surface area (Å²) in [6, 6.07) is 49.0. The molecule has 0 aliphatic carbocycles. The minimum Gasteiger partial charge on any atom is -0.310 e. The van der Waals surface area contributed by atoms with E-state index in [0.717, 1.165) is 68.2 Å². The second kappa shape index (κ2) is 18.5. The van der Waals surface area contributed by atoms with E-state index in [1.54, 1.807) is 66.1 Å². The molecule has 6 aromatic heterocycles. The summed E-state index contributed by atoms with van der Waals surface area (Å²) in [5.74, 6) is 0. The van der Waals surface area contributed by atoms with Gasteiger partial charge in [-0.3, -0.25) is 0 Å². The van der Waals surface area contributed by atoms with Crippen molar-refractivity contribution in [3.8, 4) is 34.1 Å². The Morgan fingerprint density at radius 1 is 0.206 bits per heavy atom. The molecule has 0 bridgehead atoms. The van der Waals surface area contributed by atoms with Crippen molar-refractivity contribution in [1.82, 2.24) is 88.6 Å². The fourth-order valence-electron chi connectivity index (χ4n) is 7.47. The van der Waals surface area contributed by atoms with Crippen molar-refractivity contribution in [2.24, 2.45) is 0 Å². The van der Waals surface area contributed by atoms with Gasteiger partial charge < -0.3 is 9.80 Å². The summed E-state index contributed by atoms with van der Waals surface area (Å²) in [5.41, 5.74) is 11.6. The van der Waals surface area contributed by atoms with E-state index in [9.17, 15) is 0 Å². The van der Waals surface area contributed by atoms with Crippen LogP contribution < -0.4 is 9.80 Å². The Morgan fingerprint density at radius 3 is 0.471 bits per heavy atom. The van der Waals surface area contributed by atoms with Gasteiger partial charge in [-0.05, 0) is 146 Å². The monoisotopic (exact) mass is 892 g/mol. The quantitative estimate of drug-likeness (QED) is 0.115. The van der Waals surface area contributed by atoms with Gasteiger partial charge in [0.1, 0.15) is 75.9 Å². The van der Waals surface area contributed by atoms with Crippen LogP contribution in [0.25, 0.3) is 34.1 Å². The van der Waals surface area contributed by atoms with Gasteiger partial charge in [-0.15, -0.1) is 0 Å². The molecule has 0 aliphatic heterocycles. The Labute approximate surface area is 387 Å². The van der Waals surface area contributed by atoms with Gasteiger partial charge in [-0.1, -0.05) is 0 Å². The van der Waals surface area contributed by atoms with Gasteiger partial charge in [-0.25, -0.2) is 58.0 Å². The molecule has 0 saturated heterocycles. The summed E-state index contributed by atoms with van der Waals surface area (Å²) in [6.07, 6.45) is 19.2. The van der Waals surface area contributed by atoms with Gasteiger partial charge in [0.15, 0.2) is 0 Å². The lowest BCUT2D eigenvalue weighted by molar-refractivity contribution is 0.877. The molecule has 68 heavy (non-hydrogen) atoms. The van der Waals surface area contributed by atoms with Crippen molar-refractivity contribution in [2.45, 2.75) is 0 Å². The van der Waals surface area contributed by atoms with Crippen molar-refractivity contribution >= 4 is 34.1 Å². The summed E-state index contributed by atoms with van der Waals surface area (Å²) >= 11 is 0. The van der Waals surface area contributed by atoms with Gasteiger partial charge in [0.05, 0.1) is 34.1 Å². The molecular formula is C48H36N20. The highest BCUT2D eigenvalue weighted by Gasteiger charge is 2.16. The molecule has 12 aromatic rings. The molecule has 0 radical (unpaired) electrons. The highest BCUT2D eigenvalue weighted by Crippen LogP contribution is 2.37. The Kier molecular flexibility index (Phi) is 11.0. The summed E-state index contributed by atoms with van der Waals surface area (Å²) in [6.45, 7) is 0. The third-order valence-electron chi connectivity index (χ3n) is 10.7. The molecule has 0 saturated carbocycles. The van der Waals surface area contributed by atoms with Crippen LogP contribution in [0.5, 0.6) is 0 Å². The average Bonchev–Trinajstić information content (AvgIpc) is 4.27. The second-order valence-corrected chi connectivity index (χ2v) is 14.8. The predicted molar refractivity (Wildman–Crippen MR) is 252 cm³/mol. The summed E-state index contributed by atoms with van der Waals surface area (Å²) < 4.78 is 10.4. The second-order valence-electron chi connectivity index (χ2n) is 14.8. The number of anilines is 6. The first-order valence-electron chi connectivity index (χ1n) is 21.0. The first kappa shape index (κ1) is 40.5. The van der Waals surface area contributed by atoms with Gasteiger partial charge in [-0.2, -0.15) is 30.6 Å². The number of nitrogens with zero attached hydrogens (tertiary/aromatic N) is 20. The van der Waals surface area contributed by atoms with E-state index in [2.05, 4.69) is 143 Å². The van der Waals surface area contributed by atoms with E-state index >= 15 is 0 Å². The minimum absolute atomic E-state index is 0.935. The van der Waals surface area contributed by atoms with Crippen LogP contribution in [0.4, 0.5) is 34.1 Å². The molecule has 20 nitrogen and oxygen atoms in total. The molecule has 0 N–H and O–H groups in total. The first-order valence-corrected chi connectivity index (χ1v) is 21.0. The molecule has 0 amide bonds. The van der Waals surface area contributed by atoms with Crippen LogP contribution >= 0.6 is 0 Å². The van der Waals surface area contributed by atoms with Crippen LogP contribution in [0.2, 0.25) is 0 Å². The first-order chi connectivity index (χ1) is 33.7. The zero-order chi connectivity index (χ0) is 45.5. The van der Waals surface area contributed by atoms with Crippen LogP contribution in [0.1, 0.15) is 0 Å². The van der Waals surface area contributed by atoms with Crippen molar-refractivity contribution < 1.29 is 0 Å². The van der Waals surface area contributed by atoms with Crippen LogP contribution in [-0.4, -0.2) is 88.6 Å². The van der Waals surface area contributed by atoms with Crippen LogP contribution in [0.3, 0.4) is 0 Å². The van der Waals surface area contributed by atoms with E-state index in [1.807, 2.05) is 72.8 Å². The molecule has 0 fully saturated rings. The van der Waals surface area contributed by atoms with E-state index in [4.69, 9.17) is 0 Å². The maximum atomic E-state index is 4.21. The fraction of sp³-hybridized carbons (Fsp3) is 0. The molecule has 20 heteroatoms. The van der Waals surface area contributed by atoms with Crippen molar-refractivity contribution in [3.05, 3.63) is 222 Å². The van der Waals surface area contributed by atoms with Crippen LogP contribution in [-0.2, 0) is 0 Å². The highest BCUT2D eigenvalue weighted by atomic mass is 15.3. The SMILES string of the molecule is c1ncn(-c2ccc(N(c3ccc(-n4cncn4)cc3)c3ccc(-n4cncn4)cc3)cc2)n1.c1ncn(-c2ccc(N(c3ccc(-n4cncn4)cc3)c3ccc(-n4cncn4)cc3)cc2)n1. The summed E-state index contributed by atoms with van der Waals surface area (Å²) in [4.78, 5) is 28.5. The summed E-state index contributed by atoms with van der Waals surface area (Å²) in [7, 11) is 0. The van der Waals surface area contributed by atoms with Crippen LogP contribution in [0, 0.1) is 0 Å². The Balaban J connectivity index is 0.000000149. The van der Waals surface area contributed by atoms with Crippen molar-refractivity contribution in [1.29, 1.82) is 0 Å². The Morgan fingerprint density at radius 2 is 0.353 bits per heavy atom. The maximum Gasteiger partial charge on any atom is 0.138 e. The highest BCUT2D eigenvalue weighted by molar-refractivity contribution is 5.79. The van der Waals surface area contributed by atoms with Gasteiger partial charge in [0, 0.05) is 34.1 Å². The number of hydrogen-bond donors (Lipinski definition) is 0. The predicted octanol–water partition coefficient (Wildman–Crippen LogP) is 7.80. The molecule has 0 atom stereocenters.